The van der Waals surface area contributed by atoms with Crippen LogP contribution in [0.3, 0.4) is 0 Å². The van der Waals surface area contributed by atoms with Crippen LogP contribution in [0.4, 0.5) is 4.79 Å². The third-order valence-corrected chi connectivity index (χ3v) is 3.31. The summed E-state index contributed by atoms with van der Waals surface area (Å²) in [6.45, 7) is 3.60. The van der Waals surface area contributed by atoms with Crippen LogP contribution in [0.15, 0.2) is 12.4 Å². The van der Waals surface area contributed by atoms with Gasteiger partial charge in [0.1, 0.15) is 0 Å². The minimum Gasteiger partial charge on any atom is -0.351 e. The lowest BCUT2D eigenvalue weighted by Gasteiger charge is -2.32. The summed E-state index contributed by atoms with van der Waals surface area (Å²) in [6.07, 6.45) is 5.63. The molecule has 1 unspecified atom stereocenters. The predicted molar refractivity (Wildman–Crippen MR) is 64.3 cm³/mol. The summed E-state index contributed by atoms with van der Waals surface area (Å²) < 4.78 is 0. The second kappa shape index (κ2) is 5.18. The number of amides is 2. The van der Waals surface area contributed by atoms with Crippen molar-refractivity contribution in [3.63, 3.8) is 0 Å². The van der Waals surface area contributed by atoms with Crippen molar-refractivity contribution in [1.29, 1.82) is 0 Å². The van der Waals surface area contributed by atoms with Crippen LogP contribution in [0.2, 0.25) is 0 Å². The van der Waals surface area contributed by atoms with Gasteiger partial charge in [-0.15, -0.1) is 0 Å². The number of rotatable bonds is 3. The molecule has 0 spiro atoms. The highest BCUT2D eigenvalue weighted by molar-refractivity contribution is 5.72. The first kappa shape index (κ1) is 11.9. The van der Waals surface area contributed by atoms with E-state index in [-0.39, 0.29) is 12.1 Å². The molecule has 6 heteroatoms. The van der Waals surface area contributed by atoms with E-state index >= 15 is 0 Å². The minimum absolute atomic E-state index is 0.277. The Labute approximate surface area is 101 Å². The SMILES string of the molecule is CC(NC1CCN(C(N)=O)CC1)c1cn[nH]c1. The van der Waals surface area contributed by atoms with Gasteiger partial charge in [-0.2, -0.15) is 5.10 Å². The Morgan fingerprint density at radius 1 is 1.65 bits per heavy atom. The van der Waals surface area contributed by atoms with Crippen LogP contribution in [0.5, 0.6) is 0 Å². The number of piperidine rings is 1. The fourth-order valence-electron chi connectivity index (χ4n) is 2.21. The Bertz CT molecular complexity index is 356. The van der Waals surface area contributed by atoms with E-state index in [9.17, 15) is 4.79 Å². The van der Waals surface area contributed by atoms with E-state index in [0.29, 0.717) is 6.04 Å². The molecular weight excluding hydrogens is 218 g/mol. The summed E-state index contributed by atoms with van der Waals surface area (Å²) in [5.74, 6) is 0. The highest BCUT2D eigenvalue weighted by Gasteiger charge is 2.22. The Balaban J connectivity index is 1.80. The van der Waals surface area contributed by atoms with Gasteiger partial charge in [0.05, 0.1) is 6.20 Å². The third-order valence-electron chi connectivity index (χ3n) is 3.31. The zero-order valence-corrected chi connectivity index (χ0v) is 10.0. The maximum Gasteiger partial charge on any atom is 0.314 e. The number of carbonyl (C=O) groups is 1. The Morgan fingerprint density at radius 2 is 2.35 bits per heavy atom. The lowest BCUT2D eigenvalue weighted by atomic mass is 10.0. The van der Waals surface area contributed by atoms with Crippen LogP contribution in [-0.4, -0.2) is 40.3 Å². The van der Waals surface area contributed by atoms with Crippen molar-refractivity contribution in [2.24, 2.45) is 5.73 Å². The van der Waals surface area contributed by atoms with E-state index in [0.717, 1.165) is 31.5 Å². The molecule has 0 radical (unpaired) electrons. The van der Waals surface area contributed by atoms with Gasteiger partial charge >= 0.3 is 6.03 Å². The van der Waals surface area contributed by atoms with Crippen LogP contribution in [0, 0.1) is 0 Å². The van der Waals surface area contributed by atoms with Gasteiger partial charge in [0, 0.05) is 36.9 Å². The second-order valence-electron chi connectivity index (χ2n) is 4.52. The van der Waals surface area contributed by atoms with E-state index in [1.807, 2.05) is 12.4 Å². The fourth-order valence-corrected chi connectivity index (χ4v) is 2.21. The van der Waals surface area contributed by atoms with Crippen LogP contribution >= 0.6 is 0 Å². The van der Waals surface area contributed by atoms with Crippen molar-refractivity contribution in [2.45, 2.75) is 31.8 Å². The number of carbonyl (C=O) groups excluding carboxylic acids is 1. The zero-order chi connectivity index (χ0) is 12.3. The van der Waals surface area contributed by atoms with Gasteiger partial charge in [-0.05, 0) is 19.8 Å². The Morgan fingerprint density at radius 3 is 2.88 bits per heavy atom. The monoisotopic (exact) mass is 237 g/mol. The third kappa shape index (κ3) is 2.97. The first-order valence-corrected chi connectivity index (χ1v) is 5.96. The first-order chi connectivity index (χ1) is 8.16. The molecule has 0 bridgehead atoms. The first-order valence-electron chi connectivity index (χ1n) is 5.96. The smallest absolute Gasteiger partial charge is 0.314 e. The lowest BCUT2D eigenvalue weighted by Crippen LogP contribution is -2.47. The number of primary amides is 1. The molecule has 2 heterocycles. The average Bonchev–Trinajstić information content (AvgIpc) is 2.83. The number of hydrogen-bond donors (Lipinski definition) is 3. The predicted octanol–water partition coefficient (Wildman–Crippen LogP) is 0.603. The quantitative estimate of drug-likeness (QED) is 0.719. The van der Waals surface area contributed by atoms with Crippen molar-refractivity contribution in [2.75, 3.05) is 13.1 Å². The number of likely N-dealkylation sites (tertiary alicyclic amines) is 1. The van der Waals surface area contributed by atoms with E-state index in [1.165, 1.54) is 0 Å². The van der Waals surface area contributed by atoms with Crippen LogP contribution in [-0.2, 0) is 0 Å². The Hall–Kier alpha value is -1.56. The van der Waals surface area contributed by atoms with Crippen molar-refractivity contribution in [3.05, 3.63) is 18.0 Å². The van der Waals surface area contributed by atoms with Gasteiger partial charge < -0.3 is 16.0 Å². The van der Waals surface area contributed by atoms with Crippen LogP contribution < -0.4 is 11.1 Å². The van der Waals surface area contributed by atoms with Gasteiger partial charge in [0.25, 0.3) is 0 Å². The zero-order valence-electron chi connectivity index (χ0n) is 10.0. The van der Waals surface area contributed by atoms with Gasteiger partial charge in [-0.25, -0.2) is 4.79 Å². The number of nitrogens with zero attached hydrogens (tertiary/aromatic N) is 2. The summed E-state index contributed by atoms with van der Waals surface area (Å²) in [5.41, 5.74) is 6.40. The molecule has 1 aromatic heterocycles. The molecule has 4 N–H and O–H groups in total. The number of aromatic amines is 1. The molecule has 0 aromatic carbocycles. The topological polar surface area (TPSA) is 87.0 Å². The standard InChI is InChI=1S/C11H19N5O/c1-8(9-6-13-14-7-9)15-10-2-4-16(5-3-10)11(12)17/h6-8,10,15H,2-5H2,1H3,(H2,12,17)(H,13,14). The van der Waals surface area contributed by atoms with E-state index in [4.69, 9.17) is 5.73 Å². The molecule has 1 atom stereocenters. The van der Waals surface area contributed by atoms with Crippen molar-refractivity contribution < 1.29 is 4.79 Å². The molecule has 17 heavy (non-hydrogen) atoms. The average molecular weight is 237 g/mol. The maximum absolute atomic E-state index is 11.0. The molecule has 2 amide bonds. The van der Waals surface area contributed by atoms with Crippen LogP contribution in [0.25, 0.3) is 0 Å². The highest BCUT2D eigenvalue weighted by Crippen LogP contribution is 2.16. The van der Waals surface area contributed by atoms with E-state index < -0.39 is 0 Å². The molecule has 1 saturated heterocycles. The minimum atomic E-state index is -0.314. The van der Waals surface area contributed by atoms with Gasteiger partial charge in [-0.1, -0.05) is 0 Å². The van der Waals surface area contributed by atoms with Crippen molar-refractivity contribution in [3.8, 4) is 0 Å². The largest absolute Gasteiger partial charge is 0.351 e. The molecule has 1 fully saturated rings. The summed E-state index contributed by atoms with van der Waals surface area (Å²) in [6, 6.07) is 0.403. The molecule has 1 aromatic rings. The summed E-state index contributed by atoms with van der Waals surface area (Å²) >= 11 is 0. The summed E-state index contributed by atoms with van der Waals surface area (Å²) in [4.78, 5) is 12.7. The van der Waals surface area contributed by atoms with Gasteiger partial charge in [0.2, 0.25) is 0 Å². The highest BCUT2D eigenvalue weighted by atomic mass is 16.2. The lowest BCUT2D eigenvalue weighted by molar-refractivity contribution is 0.183. The number of H-pyrrole nitrogens is 1. The molecule has 6 nitrogen and oxygen atoms in total. The number of nitrogens with two attached hydrogens (primary N) is 1. The van der Waals surface area contributed by atoms with E-state index in [2.05, 4.69) is 22.4 Å². The molecule has 0 saturated carbocycles. The van der Waals surface area contributed by atoms with Gasteiger partial charge in [-0.3, -0.25) is 5.10 Å². The molecule has 2 rings (SSSR count). The molecule has 0 aliphatic carbocycles. The second-order valence-corrected chi connectivity index (χ2v) is 4.52. The molecule has 94 valence electrons. The maximum atomic E-state index is 11.0. The molecule has 1 aliphatic heterocycles. The van der Waals surface area contributed by atoms with Gasteiger partial charge in [0.15, 0.2) is 0 Å². The summed E-state index contributed by atoms with van der Waals surface area (Å²) in [7, 11) is 0. The fraction of sp³-hybridized carbons (Fsp3) is 0.636. The summed E-state index contributed by atoms with van der Waals surface area (Å²) in [5, 5.41) is 10.3. The van der Waals surface area contributed by atoms with Crippen molar-refractivity contribution >= 4 is 6.03 Å². The van der Waals surface area contributed by atoms with E-state index in [1.54, 1.807) is 4.90 Å². The number of nitrogens with one attached hydrogen (secondary N) is 2. The molecular formula is C11H19N5O. The van der Waals surface area contributed by atoms with Crippen molar-refractivity contribution in [1.82, 2.24) is 20.4 Å². The normalized spacial score (nSPS) is 19.2. The number of urea groups is 1. The Kier molecular flexibility index (Phi) is 3.63. The number of aromatic nitrogens is 2. The van der Waals surface area contributed by atoms with Crippen LogP contribution in [0.1, 0.15) is 31.4 Å². The number of hydrogen-bond acceptors (Lipinski definition) is 3. The molecule has 1 aliphatic rings.